The van der Waals surface area contributed by atoms with Gasteiger partial charge in [-0.15, -0.1) is 0 Å². The van der Waals surface area contributed by atoms with E-state index in [2.05, 4.69) is 19.9 Å². The van der Waals surface area contributed by atoms with E-state index in [9.17, 15) is 23.1 Å². The summed E-state index contributed by atoms with van der Waals surface area (Å²) in [6.07, 6.45) is 5.37. The van der Waals surface area contributed by atoms with Gasteiger partial charge in [-0.1, -0.05) is 0 Å². The molecule has 0 saturated carbocycles. The first-order valence-corrected chi connectivity index (χ1v) is 13.4. The summed E-state index contributed by atoms with van der Waals surface area (Å²) < 4.78 is 29.3. The summed E-state index contributed by atoms with van der Waals surface area (Å²) >= 11 is 0. The number of aryl methyl sites for hydroxylation is 1. The van der Waals surface area contributed by atoms with Gasteiger partial charge in [0.1, 0.15) is 5.54 Å². The van der Waals surface area contributed by atoms with E-state index >= 15 is 0 Å². The molecule has 0 radical (unpaired) electrons. The summed E-state index contributed by atoms with van der Waals surface area (Å²) in [7, 11) is -3.98. The number of nitrogens with one attached hydrogen (secondary N) is 3. The molecule has 1 aliphatic heterocycles. The smallest absolute Gasteiger partial charge is 0.394 e. The fourth-order valence-corrected chi connectivity index (χ4v) is 4.78. The molecular weight excluding hydrogens is 486 g/mol. The van der Waals surface area contributed by atoms with E-state index < -0.39 is 33.8 Å². The number of piperidine rings is 1. The van der Waals surface area contributed by atoms with Crippen molar-refractivity contribution in [1.82, 2.24) is 9.88 Å². The van der Waals surface area contributed by atoms with Crippen molar-refractivity contribution >= 4 is 27.4 Å². The van der Waals surface area contributed by atoms with Crippen LogP contribution in [0.15, 0.2) is 46.2 Å². The van der Waals surface area contributed by atoms with Crippen molar-refractivity contribution in [2.75, 3.05) is 36.3 Å². The Bertz CT molecular complexity index is 1190. The van der Waals surface area contributed by atoms with Crippen molar-refractivity contribution in [3.05, 3.63) is 47.0 Å². The first-order chi connectivity index (χ1) is 17.0. The van der Waals surface area contributed by atoms with Crippen LogP contribution in [-0.2, 0) is 21.4 Å². The zero-order valence-corrected chi connectivity index (χ0v) is 21.3. The lowest BCUT2D eigenvalue weighted by Crippen LogP contribution is -2.51. The molecule has 198 valence electrons. The van der Waals surface area contributed by atoms with E-state index in [-0.39, 0.29) is 10.7 Å². The Morgan fingerprint density at radius 1 is 1.22 bits per heavy atom. The van der Waals surface area contributed by atoms with Crippen LogP contribution in [0.5, 0.6) is 0 Å². The minimum Gasteiger partial charge on any atom is -0.394 e. The van der Waals surface area contributed by atoms with Crippen molar-refractivity contribution in [3.63, 3.8) is 0 Å². The topological polar surface area (TPSA) is 188 Å². The second-order valence-electron chi connectivity index (χ2n) is 9.40. The molecule has 2 heterocycles. The number of nitrogens with two attached hydrogens (primary N) is 2. The summed E-state index contributed by atoms with van der Waals surface area (Å²) in [5, 5.41) is 11.7. The van der Waals surface area contributed by atoms with Gasteiger partial charge in [0, 0.05) is 17.8 Å². The number of hydrogen-bond donors (Lipinski definition) is 6. The van der Waals surface area contributed by atoms with Crippen LogP contribution in [0.25, 0.3) is 0 Å². The molecule has 13 heteroatoms. The second-order valence-corrected chi connectivity index (χ2v) is 11.1. The Balaban J connectivity index is 1.53. The normalized spacial score (nSPS) is 16.9. The fourth-order valence-electron chi connectivity index (χ4n) is 3.76. The Labute approximate surface area is 210 Å². The van der Waals surface area contributed by atoms with E-state index in [1.165, 1.54) is 41.8 Å². The van der Waals surface area contributed by atoms with E-state index in [4.69, 9.17) is 11.5 Å². The van der Waals surface area contributed by atoms with Gasteiger partial charge in [-0.2, -0.15) is 14.3 Å². The third-order valence-electron chi connectivity index (χ3n) is 6.19. The van der Waals surface area contributed by atoms with Crippen LogP contribution in [0.4, 0.5) is 11.5 Å². The van der Waals surface area contributed by atoms with Crippen LogP contribution in [0.1, 0.15) is 32.6 Å². The zero-order valence-electron chi connectivity index (χ0n) is 20.4. The Kier molecular flexibility index (Phi) is 9.19. The van der Waals surface area contributed by atoms with Crippen molar-refractivity contribution in [3.8, 4) is 0 Å². The number of nitrogens with zero attached hydrogens (tertiary/aromatic N) is 2. The van der Waals surface area contributed by atoms with Gasteiger partial charge < -0.3 is 26.8 Å². The molecule has 1 amide bonds. The number of carbonyl (C=O) groups excluding carboxylic acids is 1. The average Bonchev–Trinajstić information content (AvgIpc) is 2.84. The molecule has 0 bridgehead atoms. The molecule has 8 N–H and O–H groups in total. The van der Waals surface area contributed by atoms with Gasteiger partial charge in [-0.05, 0) is 76.5 Å². The van der Waals surface area contributed by atoms with E-state index in [0.717, 1.165) is 45.3 Å². The maximum atomic E-state index is 12.7. The minimum absolute atomic E-state index is 0.0418. The molecule has 0 aliphatic carbocycles. The van der Waals surface area contributed by atoms with E-state index in [1.807, 2.05) is 0 Å². The predicted molar refractivity (Wildman–Crippen MR) is 136 cm³/mol. The van der Waals surface area contributed by atoms with Gasteiger partial charge >= 0.3 is 5.69 Å². The summed E-state index contributed by atoms with van der Waals surface area (Å²) in [5.41, 5.74) is 10.1. The lowest BCUT2D eigenvalue weighted by molar-refractivity contribution is -0.714. The molecule has 36 heavy (non-hydrogen) atoms. The maximum absolute atomic E-state index is 12.7. The number of carbonyl (C=O) groups is 1. The number of sulfonamides is 1. The first-order valence-electron chi connectivity index (χ1n) is 11.9. The number of rotatable bonds is 11. The van der Waals surface area contributed by atoms with E-state index in [0.29, 0.717) is 18.3 Å². The van der Waals surface area contributed by atoms with Crippen molar-refractivity contribution in [1.29, 1.82) is 0 Å². The van der Waals surface area contributed by atoms with Crippen LogP contribution in [0.3, 0.4) is 0 Å². The Hall–Kier alpha value is -2.84. The van der Waals surface area contributed by atoms with Crippen LogP contribution in [0.2, 0.25) is 0 Å². The monoisotopic (exact) mass is 522 g/mol. The molecule has 3 rings (SSSR count). The summed E-state index contributed by atoms with van der Waals surface area (Å²) in [5.74, 6) is -0.565. The SMILES string of the molecule is C[C@@](N)(CO)C(=O)Nc1ccc(S(=O)(=O)Nc2cc[n+](CCCCN3CCC(N)CC3)c(=O)[nH]2)cc1. The summed E-state index contributed by atoms with van der Waals surface area (Å²) in [4.78, 5) is 29.4. The van der Waals surface area contributed by atoms with E-state index in [1.54, 1.807) is 6.20 Å². The number of aromatic nitrogens is 2. The highest BCUT2D eigenvalue weighted by atomic mass is 32.2. The third-order valence-corrected chi connectivity index (χ3v) is 7.57. The van der Waals surface area contributed by atoms with Crippen LogP contribution < -0.4 is 31.8 Å². The van der Waals surface area contributed by atoms with Gasteiger partial charge in [-0.3, -0.25) is 4.79 Å². The molecule has 0 spiro atoms. The molecule has 1 aliphatic rings. The van der Waals surface area contributed by atoms with Gasteiger partial charge in [0.05, 0.1) is 24.2 Å². The van der Waals surface area contributed by atoms with Crippen molar-refractivity contribution in [2.45, 2.75) is 55.6 Å². The molecule has 0 unspecified atom stereocenters. The number of unbranched alkanes of at least 4 members (excludes halogenated alkanes) is 1. The van der Waals surface area contributed by atoms with Crippen LogP contribution >= 0.6 is 0 Å². The number of amides is 1. The lowest BCUT2D eigenvalue weighted by Gasteiger charge is -2.29. The third kappa shape index (κ3) is 7.58. The number of anilines is 2. The van der Waals surface area contributed by atoms with Gasteiger partial charge in [0.25, 0.3) is 10.0 Å². The fraction of sp³-hybridized carbons (Fsp3) is 0.522. The number of hydrogen-bond acceptors (Lipinski definition) is 8. The molecule has 1 aromatic carbocycles. The standard InChI is InChI=1S/C23H35N7O5S/c1-23(25,16-31)21(32)26-18-4-6-19(7-5-18)36(34,35)28-20-10-15-30(22(33)27-20)12-3-2-11-29-13-8-17(24)9-14-29/h4-7,10,15,17,31H,2-3,8-9,11-14,16,24-25H2,1H3,(H2,26,27,28,32,33)/p+1/t23-/m1/s1. The molecule has 1 saturated heterocycles. The number of benzene rings is 1. The quantitative estimate of drug-likeness (QED) is 0.165. The molecule has 2 aromatic rings. The Morgan fingerprint density at radius 3 is 2.50 bits per heavy atom. The highest BCUT2D eigenvalue weighted by Crippen LogP contribution is 2.17. The number of likely N-dealkylation sites (tertiary alicyclic amines) is 1. The second kappa shape index (κ2) is 11.9. The van der Waals surface area contributed by atoms with Crippen molar-refractivity contribution < 1.29 is 22.9 Å². The maximum Gasteiger partial charge on any atom is 0.497 e. The average molecular weight is 523 g/mol. The largest absolute Gasteiger partial charge is 0.497 e. The van der Waals surface area contributed by atoms with Crippen LogP contribution in [-0.4, -0.2) is 67.1 Å². The molecule has 12 nitrogen and oxygen atoms in total. The lowest BCUT2D eigenvalue weighted by atomic mass is 10.0. The Morgan fingerprint density at radius 2 is 1.89 bits per heavy atom. The minimum atomic E-state index is -3.98. The van der Waals surface area contributed by atoms with Crippen LogP contribution in [0, 0.1) is 0 Å². The van der Waals surface area contributed by atoms with Crippen molar-refractivity contribution in [2.24, 2.45) is 11.5 Å². The number of aliphatic hydroxyl groups excluding tert-OH is 1. The van der Waals surface area contributed by atoms with Gasteiger partial charge in [-0.25, -0.2) is 13.1 Å². The molecule has 1 fully saturated rings. The highest BCUT2D eigenvalue weighted by molar-refractivity contribution is 7.92. The summed E-state index contributed by atoms with van der Waals surface area (Å²) in [6, 6.07) is 7.22. The number of H-pyrrole nitrogens is 1. The van der Waals surface area contributed by atoms with Gasteiger partial charge in [0.15, 0.2) is 0 Å². The van der Waals surface area contributed by atoms with Gasteiger partial charge in [0.2, 0.25) is 11.7 Å². The zero-order chi connectivity index (χ0) is 26.3. The highest BCUT2D eigenvalue weighted by Gasteiger charge is 2.27. The number of aromatic amines is 1. The molecule has 1 atom stereocenters. The predicted octanol–water partition coefficient (Wildman–Crippen LogP) is -0.685. The summed E-state index contributed by atoms with van der Waals surface area (Å²) in [6.45, 7) is 4.36. The molecular formula is C23H36N7O5S+. The first kappa shape index (κ1) is 27.7. The molecule has 1 aromatic heterocycles. The number of aliphatic hydroxyl groups is 1.